The maximum atomic E-state index is 5.47. The molecule has 0 aromatic heterocycles. The van der Waals surface area contributed by atoms with Crippen LogP contribution in [0.15, 0.2) is 22.7 Å². The monoisotopic (exact) mass is 328 g/mol. The molecule has 0 atom stereocenters. The first-order chi connectivity index (χ1) is 9.22. The zero-order chi connectivity index (χ0) is 14.1. The Morgan fingerprint density at radius 2 is 2.05 bits per heavy atom. The van der Waals surface area contributed by atoms with Gasteiger partial charge in [0.1, 0.15) is 0 Å². The second-order valence-corrected chi connectivity index (χ2v) is 5.25. The van der Waals surface area contributed by atoms with Gasteiger partial charge in [0.05, 0.1) is 6.61 Å². The van der Waals surface area contributed by atoms with Crippen molar-refractivity contribution in [3.63, 3.8) is 0 Å². The molecule has 0 heterocycles. The molecule has 0 aliphatic heterocycles. The van der Waals surface area contributed by atoms with E-state index in [4.69, 9.17) is 4.74 Å². The lowest BCUT2D eigenvalue weighted by Crippen LogP contribution is -2.29. The number of rotatable bonds is 9. The average molecular weight is 329 g/mol. The largest absolute Gasteiger partial charge is 0.380 e. The molecular weight excluding hydrogens is 304 g/mol. The molecule has 0 fully saturated rings. The summed E-state index contributed by atoms with van der Waals surface area (Å²) in [6.07, 6.45) is 0. The highest BCUT2D eigenvalue weighted by molar-refractivity contribution is 9.10. The van der Waals surface area contributed by atoms with Crippen molar-refractivity contribution < 1.29 is 4.74 Å². The van der Waals surface area contributed by atoms with E-state index in [9.17, 15) is 0 Å². The van der Waals surface area contributed by atoms with E-state index in [0.29, 0.717) is 0 Å². The quantitative estimate of drug-likeness (QED) is 0.703. The Hall–Kier alpha value is -0.580. The molecule has 0 saturated heterocycles. The second kappa shape index (κ2) is 9.34. The van der Waals surface area contributed by atoms with Crippen LogP contribution in [0, 0.1) is 0 Å². The third-order valence-electron chi connectivity index (χ3n) is 3.04. The first-order valence-corrected chi connectivity index (χ1v) is 7.84. The molecule has 108 valence electrons. The summed E-state index contributed by atoms with van der Waals surface area (Å²) in [5.41, 5.74) is 2.63. The summed E-state index contributed by atoms with van der Waals surface area (Å²) in [7, 11) is 0. The average Bonchev–Trinajstić information content (AvgIpc) is 2.42. The van der Waals surface area contributed by atoms with Gasteiger partial charge in [-0.1, -0.05) is 22.9 Å². The fraction of sp³-hybridized carbons (Fsp3) is 0.600. The normalized spacial score (nSPS) is 10.7. The molecule has 4 heteroatoms. The van der Waals surface area contributed by atoms with E-state index in [1.165, 1.54) is 11.3 Å². The van der Waals surface area contributed by atoms with Crippen LogP contribution in [0.4, 0.5) is 5.69 Å². The van der Waals surface area contributed by atoms with E-state index >= 15 is 0 Å². The molecule has 0 amide bonds. The van der Waals surface area contributed by atoms with Gasteiger partial charge >= 0.3 is 0 Å². The Balaban J connectivity index is 2.81. The van der Waals surface area contributed by atoms with Crippen LogP contribution < -0.4 is 10.2 Å². The van der Waals surface area contributed by atoms with E-state index < -0.39 is 0 Å². The molecule has 0 radical (unpaired) electrons. The van der Waals surface area contributed by atoms with Gasteiger partial charge in [-0.2, -0.15) is 0 Å². The number of benzene rings is 1. The summed E-state index contributed by atoms with van der Waals surface area (Å²) >= 11 is 3.55. The summed E-state index contributed by atoms with van der Waals surface area (Å²) in [5, 5.41) is 3.40. The summed E-state index contributed by atoms with van der Waals surface area (Å²) < 4.78 is 6.60. The summed E-state index contributed by atoms with van der Waals surface area (Å²) in [6.45, 7) is 11.7. The van der Waals surface area contributed by atoms with Gasteiger partial charge in [-0.25, -0.2) is 0 Å². The Morgan fingerprint density at radius 3 is 2.68 bits per heavy atom. The fourth-order valence-electron chi connectivity index (χ4n) is 2.03. The van der Waals surface area contributed by atoms with Crippen molar-refractivity contribution in [1.29, 1.82) is 0 Å². The molecule has 0 spiro atoms. The minimum Gasteiger partial charge on any atom is -0.380 e. The van der Waals surface area contributed by atoms with Gasteiger partial charge in [0.2, 0.25) is 0 Å². The molecule has 3 nitrogen and oxygen atoms in total. The van der Waals surface area contributed by atoms with Crippen molar-refractivity contribution in [2.75, 3.05) is 37.7 Å². The van der Waals surface area contributed by atoms with E-state index in [1.54, 1.807) is 0 Å². The van der Waals surface area contributed by atoms with Gasteiger partial charge in [0, 0.05) is 36.4 Å². The molecule has 0 unspecified atom stereocenters. The number of ether oxygens (including phenoxy) is 1. The van der Waals surface area contributed by atoms with Crippen molar-refractivity contribution in [1.82, 2.24) is 5.32 Å². The van der Waals surface area contributed by atoms with Crippen molar-refractivity contribution in [2.24, 2.45) is 0 Å². The molecule has 1 aromatic carbocycles. The third-order valence-corrected chi connectivity index (χ3v) is 3.53. The predicted molar refractivity (Wildman–Crippen MR) is 85.9 cm³/mol. The van der Waals surface area contributed by atoms with Gasteiger partial charge < -0.3 is 15.0 Å². The number of anilines is 1. The Bertz CT molecular complexity index is 371. The zero-order valence-electron chi connectivity index (χ0n) is 12.2. The Morgan fingerprint density at radius 1 is 1.26 bits per heavy atom. The molecule has 1 rings (SSSR count). The Labute approximate surface area is 125 Å². The minimum absolute atomic E-state index is 0.779. The van der Waals surface area contributed by atoms with E-state index in [1.807, 2.05) is 6.92 Å². The zero-order valence-corrected chi connectivity index (χ0v) is 13.8. The van der Waals surface area contributed by atoms with Crippen molar-refractivity contribution in [3.8, 4) is 0 Å². The summed E-state index contributed by atoms with van der Waals surface area (Å²) in [4.78, 5) is 2.37. The van der Waals surface area contributed by atoms with Crippen LogP contribution in [0.3, 0.4) is 0 Å². The molecule has 0 aliphatic carbocycles. The third kappa shape index (κ3) is 5.51. The van der Waals surface area contributed by atoms with Gasteiger partial charge in [-0.15, -0.1) is 0 Å². The number of nitrogens with one attached hydrogen (secondary N) is 1. The van der Waals surface area contributed by atoms with E-state index in [2.05, 4.69) is 58.2 Å². The van der Waals surface area contributed by atoms with Crippen LogP contribution in [0.1, 0.15) is 26.3 Å². The van der Waals surface area contributed by atoms with Crippen LogP contribution in [0.2, 0.25) is 0 Å². The smallest absolute Gasteiger partial charge is 0.0641 e. The van der Waals surface area contributed by atoms with Crippen molar-refractivity contribution in [3.05, 3.63) is 28.2 Å². The molecule has 0 aliphatic rings. The SMILES string of the molecule is CCNCc1cc(Br)ccc1N(CC)CCOCC. The maximum Gasteiger partial charge on any atom is 0.0641 e. The number of likely N-dealkylation sites (N-methyl/N-ethyl adjacent to an activating group) is 1. The van der Waals surface area contributed by atoms with Crippen LogP contribution in [0.25, 0.3) is 0 Å². The van der Waals surface area contributed by atoms with Crippen molar-refractivity contribution >= 4 is 21.6 Å². The van der Waals surface area contributed by atoms with E-state index in [0.717, 1.165) is 43.9 Å². The number of hydrogen-bond donors (Lipinski definition) is 1. The summed E-state index contributed by atoms with van der Waals surface area (Å²) in [5.74, 6) is 0. The van der Waals surface area contributed by atoms with Crippen LogP contribution >= 0.6 is 15.9 Å². The molecule has 19 heavy (non-hydrogen) atoms. The predicted octanol–water partition coefficient (Wildman–Crippen LogP) is 3.42. The fourth-order valence-corrected chi connectivity index (χ4v) is 2.44. The van der Waals surface area contributed by atoms with Crippen LogP contribution in [-0.4, -0.2) is 32.8 Å². The van der Waals surface area contributed by atoms with Crippen molar-refractivity contribution in [2.45, 2.75) is 27.3 Å². The topological polar surface area (TPSA) is 24.5 Å². The lowest BCUT2D eigenvalue weighted by molar-refractivity contribution is 0.154. The standard InChI is InChI=1S/C15H25BrN2O/c1-4-17-12-13-11-14(16)7-8-15(13)18(5-2)9-10-19-6-3/h7-8,11,17H,4-6,9-10,12H2,1-3H3. The molecular formula is C15H25BrN2O. The first kappa shape index (κ1) is 16.5. The summed E-state index contributed by atoms with van der Waals surface area (Å²) in [6, 6.07) is 6.49. The van der Waals surface area contributed by atoms with Gasteiger partial charge in [-0.05, 0) is 44.2 Å². The lowest BCUT2D eigenvalue weighted by atomic mass is 10.1. The number of nitrogens with zero attached hydrogens (tertiary/aromatic N) is 1. The minimum atomic E-state index is 0.779. The van der Waals surface area contributed by atoms with E-state index in [-0.39, 0.29) is 0 Å². The van der Waals surface area contributed by atoms with Gasteiger partial charge in [-0.3, -0.25) is 0 Å². The highest BCUT2D eigenvalue weighted by Gasteiger charge is 2.10. The molecule has 0 bridgehead atoms. The Kier molecular flexibility index (Phi) is 8.10. The maximum absolute atomic E-state index is 5.47. The molecule has 1 aromatic rings. The highest BCUT2D eigenvalue weighted by Crippen LogP contribution is 2.24. The van der Waals surface area contributed by atoms with Crippen LogP contribution in [0.5, 0.6) is 0 Å². The van der Waals surface area contributed by atoms with Crippen LogP contribution in [-0.2, 0) is 11.3 Å². The number of halogens is 1. The second-order valence-electron chi connectivity index (χ2n) is 4.33. The molecule has 1 N–H and O–H groups in total. The highest BCUT2D eigenvalue weighted by atomic mass is 79.9. The first-order valence-electron chi connectivity index (χ1n) is 7.04. The number of hydrogen-bond acceptors (Lipinski definition) is 3. The lowest BCUT2D eigenvalue weighted by Gasteiger charge is -2.26. The van der Waals surface area contributed by atoms with Gasteiger partial charge in [0.15, 0.2) is 0 Å². The van der Waals surface area contributed by atoms with Gasteiger partial charge in [0.25, 0.3) is 0 Å². The molecule has 0 saturated carbocycles.